The Balaban J connectivity index is 1.60. The second-order valence-corrected chi connectivity index (χ2v) is 9.04. The quantitative estimate of drug-likeness (QED) is 0.401. The number of alkyl halides is 2. The Morgan fingerprint density at radius 1 is 1.19 bits per heavy atom. The minimum absolute atomic E-state index is 0.0433. The minimum atomic E-state index is -2.97. The number of nitrogens with zero attached hydrogens (tertiary/aromatic N) is 8. The van der Waals surface area contributed by atoms with E-state index in [1.165, 1.54) is 16.9 Å². The molecule has 0 spiro atoms. The van der Waals surface area contributed by atoms with Crippen LogP contribution in [-0.4, -0.2) is 54.4 Å². The summed E-state index contributed by atoms with van der Waals surface area (Å²) in [6, 6.07) is 10.4. The zero-order valence-corrected chi connectivity index (χ0v) is 19.6. The Kier molecular flexibility index (Phi) is 5.13. The lowest BCUT2D eigenvalue weighted by molar-refractivity contribution is -0.0393. The number of nitriles is 1. The number of anilines is 1. The fourth-order valence-corrected chi connectivity index (χ4v) is 4.71. The molecule has 5 aromatic rings. The molecule has 4 heterocycles. The molecule has 2 N–H and O–H groups in total. The number of nitrogens with two attached hydrogens (primary N) is 1. The first-order chi connectivity index (χ1) is 17.8. The Morgan fingerprint density at radius 2 is 1.97 bits per heavy atom. The van der Waals surface area contributed by atoms with Crippen molar-refractivity contribution in [2.24, 2.45) is 12.8 Å². The number of hydrogen-bond donors (Lipinski definition) is 1. The lowest BCUT2D eigenvalue weighted by atomic mass is 10.0. The van der Waals surface area contributed by atoms with Crippen LogP contribution in [0, 0.1) is 17.1 Å². The molecule has 1 aliphatic rings. The van der Waals surface area contributed by atoms with Gasteiger partial charge in [-0.3, -0.25) is 4.40 Å². The van der Waals surface area contributed by atoms with Crippen LogP contribution in [0.3, 0.4) is 0 Å². The highest BCUT2D eigenvalue weighted by molar-refractivity contribution is 5.89. The average molecular weight is 503 g/mol. The minimum Gasteiger partial charge on any atom is -0.352 e. The molecule has 1 fully saturated rings. The molecule has 3 aromatic heterocycles. The van der Waals surface area contributed by atoms with E-state index in [1.807, 2.05) is 0 Å². The van der Waals surface area contributed by atoms with Crippen molar-refractivity contribution in [3.63, 3.8) is 0 Å². The molecule has 37 heavy (non-hydrogen) atoms. The summed E-state index contributed by atoms with van der Waals surface area (Å²) >= 11 is 0. The number of aromatic nitrogens is 6. The normalized spacial score (nSPS) is 17.4. The van der Waals surface area contributed by atoms with Crippen LogP contribution in [0.1, 0.15) is 12.0 Å². The van der Waals surface area contributed by atoms with E-state index in [4.69, 9.17) is 10.7 Å². The van der Waals surface area contributed by atoms with Crippen molar-refractivity contribution >= 4 is 22.5 Å². The predicted octanol–water partition coefficient (Wildman–Crippen LogP) is 3.53. The fraction of sp³-hybridized carbons (Fsp3) is 0.240. The molecular weight excluding hydrogens is 483 g/mol. The van der Waals surface area contributed by atoms with Gasteiger partial charge in [-0.15, -0.1) is 5.10 Å². The second-order valence-electron chi connectivity index (χ2n) is 9.04. The first-order valence-corrected chi connectivity index (χ1v) is 11.5. The number of hydrogen-bond acceptors (Lipinski definition) is 7. The Labute approximate surface area is 208 Å². The van der Waals surface area contributed by atoms with Crippen molar-refractivity contribution in [2.75, 3.05) is 18.0 Å². The number of benzene rings is 2. The Bertz CT molecular complexity index is 1700. The molecule has 2 aromatic carbocycles. The van der Waals surface area contributed by atoms with Gasteiger partial charge in [0.1, 0.15) is 11.3 Å². The Morgan fingerprint density at radius 3 is 2.70 bits per heavy atom. The first-order valence-electron chi connectivity index (χ1n) is 11.5. The lowest BCUT2D eigenvalue weighted by Crippen LogP contribution is -2.55. The van der Waals surface area contributed by atoms with Crippen molar-refractivity contribution in [1.82, 2.24) is 29.4 Å². The topological polar surface area (TPSA) is 114 Å². The standard InChI is InChI=1S/C25H20F3N9/c1-35-19-11-17(26)16(10-18(19)33-34-35)22-21(15-4-2-14(12-29)3-5-15)32-24-23(31-7-9-37(22)24)36-8-6-25(27,28)20(30)13-36/h2-5,7,9-11,20H,6,8,13,30H2,1H3/t20-/m0/s1. The van der Waals surface area contributed by atoms with Crippen LogP contribution < -0.4 is 10.6 Å². The van der Waals surface area contributed by atoms with Crippen LogP contribution in [0.25, 0.3) is 39.2 Å². The van der Waals surface area contributed by atoms with E-state index in [0.717, 1.165) is 0 Å². The third kappa shape index (κ3) is 3.66. The van der Waals surface area contributed by atoms with E-state index in [1.54, 1.807) is 52.9 Å². The van der Waals surface area contributed by atoms with Crippen molar-refractivity contribution in [3.8, 4) is 28.6 Å². The molecule has 1 saturated heterocycles. The van der Waals surface area contributed by atoms with Crippen LogP contribution in [-0.2, 0) is 7.05 Å². The number of fused-ring (bicyclic) bond motifs is 2. The van der Waals surface area contributed by atoms with Crippen LogP contribution in [0.4, 0.5) is 19.0 Å². The summed E-state index contributed by atoms with van der Waals surface area (Å²) in [7, 11) is 1.68. The molecule has 0 saturated carbocycles. The van der Waals surface area contributed by atoms with Crippen molar-refractivity contribution in [2.45, 2.75) is 18.4 Å². The van der Waals surface area contributed by atoms with E-state index in [0.29, 0.717) is 45.0 Å². The molecule has 1 atom stereocenters. The number of imidazole rings is 1. The summed E-state index contributed by atoms with van der Waals surface area (Å²) in [5.41, 5.74) is 9.37. The molecule has 0 radical (unpaired) electrons. The molecule has 186 valence electrons. The maximum Gasteiger partial charge on any atom is 0.266 e. The SMILES string of the molecule is Cn1nnc2cc(-c3c(-c4ccc(C#N)cc4)nc4c(N5CCC(F)(F)[C@@H](N)C5)nccn34)c(F)cc21. The summed E-state index contributed by atoms with van der Waals surface area (Å²) < 4.78 is 46.9. The summed E-state index contributed by atoms with van der Waals surface area (Å²) in [4.78, 5) is 10.9. The molecule has 0 amide bonds. The van der Waals surface area contributed by atoms with Gasteiger partial charge in [0.25, 0.3) is 5.92 Å². The van der Waals surface area contributed by atoms with E-state index >= 15 is 4.39 Å². The van der Waals surface area contributed by atoms with Crippen LogP contribution >= 0.6 is 0 Å². The highest BCUT2D eigenvalue weighted by atomic mass is 19.3. The maximum atomic E-state index is 15.6. The highest BCUT2D eigenvalue weighted by Gasteiger charge is 2.42. The lowest BCUT2D eigenvalue weighted by Gasteiger charge is -2.36. The average Bonchev–Trinajstić information content (AvgIpc) is 3.45. The van der Waals surface area contributed by atoms with Gasteiger partial charge in [0, 0.05) is 56.1 Å². The van der Waals surface area contributed by atoms with Gasteiger partial charge in [0.15, 0.2) is 11.5 Å². The summed E-state index contributed by atoms with van der Waals surface area (Å²) in [6.07, 6.45) is 2.76. The second kappa shape index (κ2) is 8.28. The molecule has 0 aliphatic carbocycles. The monoisotopic (exact) mass is 503 g/mol. The fourth-order valence-electron chi connectivity index (χ4n) is 4.71. The van der Waals surface area contributed by atoms with Gasteiger partial charge < -0.3 is 10.6 Å². The largest absolute Gasteiger partial charge is 0.352 e. The number of aryl methyl sites for hydroxylation is 1. The van der Waals surface area contributed by atoms with Gasteiger partial charge in [0.05, 0.1) is 34.6 Å². The van der Waals surface area contributed by atoms with E-state index in [9.17, 15) is 14.0 Å². The predicted molar refractivity (Wildman–Crippen MR) is 130 cm³/mol. The summed E-state index contributed by atoms with van der Waals surface area (Å²) in [5.74, 6) is -3.10. The Hall–Kier alpha value is -4.50. The van der Waals surface area contributed by atoms with Crippen molar-refractivity contribution < 1.29 is 13.2 Å². The third-order valence-electron chi connectivity index (χ3n) is 6.74. The van der Waals surface area contributed by atoms with Gasteiger partial charge >= 0.3 is 0 Å². The van der Waals surface area contributed by atoms with E-state index < -0.39 is 24.2 Å². The molecule has 0 bridgehead atoms. The van der Waals surface area contributed by atoms with Crippen molar-refractivity contribution in [3.05, 3.63) is 60.2 Å². The molecule has 12 heteroatoms. The smallest absolute Gasteiger partial charge is 0.266 e. The van der Waals surface area contributed by atoms with E-state index in [-0.39, 0.29) is 18.7 Å². The van der Waals surface area contributed by atoms with Gasteiger partial charge in [-0.2, -0.15) is 5.26 Å². The zero-order chi connectivity index (χ0) is 25.9. The number of rotatable bonds is 3. The zero-order valence-electron chi connectivity index (χ0n) is 19.6. The summed E-state index contributed by atoms with van der Waals surface area (Å²) in [6.45, 7) is -0.0598. The molecule has 6 rings (SSSR count). The van der Waals surface area contributed by atoms with Gasteiger partial charge in [-0.05, 0) is 18.2 Å². The molecule has 0 unspecified atom stereocenters. The molecule has 9 nitrogen and oxygen atoms in total. The van der Waals surface area contributed by atoms with Gasteiger partial charge in [-0.1, -0.05) is 17.3 Å². The highest BCUT2D eigenvalue weighted by Crippen LogP contribution is 2.38. The molecule has 1 aliphatic heterocycles. The maximum absolute atomic E-state index is 15.6. The van der Waals surface area contributed by atoms with Crippen LogP contribution in [0.2, 0.25) is 0 Å². The summed E-state index contributed by atoms with van der Waals surface area (Å²) in [5, 5.41) is 17.3. The van der Waals surface area contributed by atoms with Gasteiger partial charge in [-0.25, -0.2) is 27.8 Å². The van der Waals surface area contributed by atoms with Crippen molar-refractivity contribution in [1.29, 1.82) is 5.26 Å². The van der Waals surface area contributed by atoms with Crippen LogP contribution in [0.5, 0.6) is 0 Å². The van der Waals surface area contributed by atoms with Gasteiger partial charge in [0.2, 0.25) is 0 Å². The van der Waals surface area contributed by atoms with Crippen LogP contribution in [0.15, 0.2) is 48.8 Å². The number of piperidine rings is 1. The van der Waals surface area contributed by atoms with E-state index in [2.05, 4.69) is 21.4 Å². The third-order valence-corrected chi connectivity index (χ3v) is 6.74. The first kappa shape index (κ1) is 22.9. The molecular formula is C25H20F3N9. The number of halogens is 3.